The van der Waals surface area contributed by atoms with Crippen LogP contribution in [-0.2, 0) is 9.53 Å². The largest absolute Gasteiger partial charge is 0.463 e. The molecule has 0 aromatic carbocycles. The first-order valence-electron chi connectivity index (χ1n) is 5.66. The van der Waals surface area contributed by atoms with Gasteiger partial charge in [-0.1, -0.05) is 5.57 Å². The van der Waals surface area contributed by atoms with Gasteiger partial charge in [0.05, 0.1) is 6.61 Å². The average molecular weight is 192 g/mol. The summed E-state index contributed by atoms with van der Waals surface area (Å²) >= 11 is 0. The maximum atomic E-state index is 11.5. The normalized spacial score (nSPS) is 31.4. The van der Waals surface area contributed by atoms with Crippen molar-refractivity contribution in [3.63, 3.8) is 0 Å². The standard InChI is InChI=1S/C12H16O2/c1-2-14-11(13)10-8-3-4-12(5-6-12)7-9(8)10/h8H,2-7H2,1H3. The predicted octanol–water partition coefficient (Wildman–Crippen LogP) is 2.44. The van der Waals surface area contributed by atoms with E-state index in [2.05, 4.69) is 0 Å². The van der Waals surface area contributed by atoms with Crippen LogP contribution in [0.3, 0.4) is 0 Å². The predicted molar refractivity (Wildman–Crippen MR) is 52.7 cm³/mol. The highest BCUT2D eigenvalue weighted by Gasteiger charge is 2.54. The maximum Gasteiger partial charge on any atom is 0.334 e. The van der Waals surface area contributed by atoms with Crippen LogP contribution in [0.5, 0.6) is 0 Å². The third-order valence-electron chi connectivity index (χ3n) is 4.01. The van der Waals surface area contributed by atoms with E-state index in [4.69, 9.17) is 4.74 Å². The molecular formula is C12H16O2. The molecule has 76 valence electrons. The third-order valence-corrected chi connectivity index (χ3v) is 4.01. The Hall–Kier alpha value is -0.790. The summed E-state index contributed by atoms with van der Waals surface area (Å²) in [4.78, 5) is 11.5. The van der Waals surface area contributed by atoms with Gasteiger partial charge in [-0.25, -0.2) is 4.79 Å². The molecule has 0 aliphatic heterocycles. The minimum Gasteiger partial charge on any atom is -0.463 e. The van der Waals surface area contributed by atoms with E-state index in [0.717, 1.165) is 5.57 Å². The van der Waals surface area contributed by atoms with Crippen LogP contribution in [0.4, 0.5) is 0 Å². The van der Waals surface area contributed by atoms with Gasteiger partial charge in [0.2, 0.25) is 0 Å². The summed E-state index contributed by atoms with van der Waals surface area (Å²) in [5.41, 5.74) is 3.11. The summed E-state index contributed by atoms with van der Waals surface area (Å²) in [6.07, 6.45) is 6.53. The fraction of sp³-hybridized carbons (Fsp3) is 0.750. The van der Waals surface area contributed by atoms with E-state index >= 15 is 0 Å². The lowest BCUT2D eigenvalue weighted by Crippen LogP contribution is -2.08. The molecule has 1 atom stereocenters. The molecule has 0 saturated heterocycles. The zero-order valence-corrected chi connectivity index (χ0v) is 8.64. The van der Waals surface area contributed by atoms with Crippen LogP contribution >= 0.6 is 0 Å². The minimum absolute atomic E-state index is 0.0369. The molecule has 2 fully saturated rings. The van der Waals surface area contributed by atoms with Crippen LogP contribution in [-0.4, -0.2) is 12.6 Å². The van der Waals surface area contributed by atoms with Crippen molar-refractivity contribution in [3.8, 4) is 0 Å². The number of ether oxygens (including phenoxy) is 1. The van der Waals surface area contributed by atoms with Crippen molar-refractivity contribution in [2.75, 3.05) is 6.61 Å². The molecule has 2 heteroatoms. The Kier molecular flexibility index (Phi) is 1.59. The Morgan fingerprint density at radius 3 is 2.93 bits per heavy atom. The molecule has 0 heterocycles. The summed E-state index contributed by atoms with van der Waals surface area (Å²) in [7, 11) is 0. The fourth-order valence-corrected chi connectivity index (χ4v) is 2.89. The second kappa shape index (κ2) is 2.62. The smallest absolute Gasteiger partial charge is 0.334 e. The molecule has 0 amide bonds. The highest BCUT2D eigenvalue weighted by Crippen LogP contribution is 2.65. The average Bonchev–Trinajstić information content (AvgIpc) is 3.04. The molecule has 2 nitrogen and oxygen atoms in total. The van der Waals surface area contributed by atoms with Gasteiger partial charge >= 0.3 is 5.97 Å². The number of hydrogen-bond donors (Lipinski definition) is 0. The Labute approximate surface area is 84.3 Å². The highest BCUT2D eigenvalue weighted by molar-refractivity contribution is 5.96. The number of allylic oxidation sites excluding steroid dienone is 1. The third kappa shape index (κ3) is 1.13. The Balaban J connectivity index is 1.72. The van der Waals surface area contributed by atoms with E-state index < -0.39 is 0 Å². The summed E-state index contributed by atoms with van der Waals surface area (Å²) in [5.74, 6) is 0.491. The van der Waals surface area contributed by atoms with Crippen molar-refractivity contribution in [1.29, 1.82) is 0 Å². The van der Waals surface area contributed by atoms with Crippen LogP contribution in [0.25, 0.3) is 0 Å². The second-order valence-electron chi connectivity index (χ2n) is 4.93. The molecule has 3 rings (SSSR count). The lowest BCUT2D eigenvalue weighted by atomic mass is 9.86. The summed E-state index contributed by atoms with van der Waals surface area (Å²) in [6.45, 7) is 2.38. The Morgan fingerprint density at radius 1 is 1.50 bits per heavy atom. The number of esters is 1. The molecule has 0 radical (unpaired) electrons. The molecule has 3 aliphatic carbocycles. The molecule has 0 aromatic rings. The monoisotopic (exact) mass is 192 g/mol. The van der Waals surface area contributed by atoms with Gasteiger partial charge in [-0.3, -0.25) is 0 Å². The van der Waals surface area contributed by atoms with Crippen molar-refractivity contribution < 1.29 is 9.53 Å². The summed E-state index contributed by atoms with van der Waals surface area (Å²) < 4.78 is 5.05. The van der Waals surface area contributed by atoms with Crippen molar-refractivity contribution in [2.45, 2.75) is 39.0 Å². The first kappa shape index (κ1) is 8.51. The zero-order valence-electron chi connectivity index (χ0n) is 8.64. The van der Waals surface area contributed by atoms with Crippen LogP contribution in [0.15, 0.2) is 11.1 Å². The zero-order chi connectivity index (χ0) is 9.76. The Bertz CT molecular complexity index is 323. The number of fused-ring (bicyclic) bond motifs is 1. The SMILES string of the molecule is CCOC(=O)C1=C2CC3(CCC21)CC3. The van der Waals surface area contributed by atoms with Gasteiger partial charge in [0.15, 0.2) is 0 Å². The number of hydrogen-bond acceptors (Lipinski definition) is 2. The van der Waals surface area contributed by atoms with Gasteiger partial charge in [-0.05, 0) is 44.4 Å². The molecule has 0 bridgehead atoms. The molecular weight excluding hydrogens is 176 g/mol. The number of carbonyl (C=O) groups excluding carboxylic acids is 1. The summed E-state index contributed by atoms with van der Waals surface area (Å²) in [6, 6.07) is 0. The molecule has 3 aliphatic rings. The number of rotatable bonds is 2. The summed E-state index contributed by atoms with van der Waals surface area (Å²) in [5, 5.41) is 0. The minimum atomic E-state index is -0.0369. The van der Waals surface area contributed by atoms with Gasteiger partial charge in [0.25, 0.3) is 0 Å². The molecule has 1 unspecified atom stereocenters. The maximum absolute atomic E-state index is 11.5. The molecule has 0 N–H and O–H groups in total. The van der Waals surface area contributed by atoms with Gasteiger partial charge in [-0.2, -0.15) is 0 Å². The van der Waals surface area contributed by atoms with Crippen LogP contribution < -0.4 is 0 Å². The van der Waals surface area contributed by atoms with E-state index in [0.29, 0.717) is 17.9 Å². The second-order valence-corrected chi connectivity index (χ2v) is 4.93. The van der Waals surface area contributed by atoms with E-state index in [1.54, 1.807) is 0 Å². The quantitative estimate of drug-likeness (QED) is 0.628. The first-order chi connectivity index (χ1) is 6.76. The van der Waals surface area contributed by atoms with Crippen molar-refractivity contribution in [1.82, 2.24) is 0 Å². The fourth-order valence-electron chi connectivity index (χ4n) is 2.89. The van der Waals surface area contributed by atoms with Crippen LogP contribution in [0.1, 0.15) is 39.0 Å². The van der Waals surface area contributed by atoms with Crippen molar-refractivity contribution >= 4 is 5.97 Å². The highest BCUT2D eigenvalue weighted by atomic mass is 16.5. The molecule has 0 aromatic heterocycles. The molecule has 2 saturated carbocycles. The molecule has 1 spiro atoms. The topological polar surface area (TPSA) is 26.3 Å². The van der Waals surface area contributed by atoms with Gasteiger partial charge < -0.3 is 4.74 Å². The van der Waals surface area contributed by atoms with Crippen molar-refractivity contribution in [2.24, 2.45) is 11.3 Å². The van der Waals surface area contributed by atoms with E-state index in [1.165, 1.54) is 37.7 Å². The lowest BCUT2D eigenvalue weighted by molar-refractivity contribution is -0.138. The van der Waals surface area contributed by atoms with E-state index in [9.17, 15) is 4.79 Å². The first-order valence-corrected chi connectivity index (χ1v) is 5.66. The van der Waals surface area contributed by atoms with Gasteiger partial charge in [-0.15, -0.1) is 0 Å². The van der Waals surface area contributed by atoms with Crippen molar-refractivity contribution in [3.05, 3.63) is 11.1 Å². The van der Waals surface area contributed by atoms with Crippen LogP contribution in [0, 0.1) is 11.3 Å². The van der Waals surface area contributed by atoms with Gasteiger partial charge in [0, 0.05) is 11.5 Å². The Morgan fingerprint density at radius 2 is 2.29 bits per heavy atom. The lowest BCUT2D eigenvalue weighted by Gasteiger charge is -2.18. The van der Waals surface area contributed by atoms with E-state index in [-0.39, 0.29) is 5.97 Å². The van der Waals surface area contributed by atoms with Crippen LogP contribution in [0.2, 0.25) is 0 Å². The molecule has 14 heavy (non-hydrogen) atoms. The number of carbonyl (C=O) groups is 1. The van der Waals surface area contributed by atoms with Gasteiger partial charge in [0.1, 0.15) is 0 Å². The van der Waals surface area contributed by atoms with E-state index in [1.807, 2.05) is 6.92 Å².